The highest BCUT2D eigenvalue weighted by Crippen LogP contribution is 2.50. The van der Waals surface area contributed by atoms with Crippen molar-refractivity contribution in [2.45, 2.75) is 51.7 Å². The largest absolute Gasteiger partial charge is 0.366 e. The van der Waals surface area contributed by atoms with Gasteiger partial charge >= 0.3 is 0 Å². The summed E-state index contributed by atoms with van der Waals surface area (Å²) < 4.78 is 5.65. The molecule has 1 heterocycles. The normalized spacial score (nSPS) is 49.1. The maximum atomic E-state index is 5.65. The van der Waals surface area contributed by atoms with Crippen LogP contribution in [0.25, 0.3) is 0 Å². The Morgan fingerprint density at radius 2 is 2.18 bits per heavy atom. The van der Waals surface area contributed by atoms with Crippen LogP contribution in [0, 0.1) is 11.8 Å². The smallest absolute Gasteiger partial charge is 0.0920 e. The zero-order chi connectivity index (χ0) is 8.06. The first kappa shape index (κ1) is 7.60. The Kier molecular flexibility index (Phi) is 1.54. The molecule has 0 aromatic rings. The molecule has 0 radical (unpaired) electrons. The van der Waals surface area contributed by atoms with E-state index in [0.29, 0.717) is 11.7 Å². The SMILES string of the molecule is CC(C)[C@@H]1CC[C@@]2(C)O[C@H]2C1. The number of fused-ring (bicyclic) bond motifs is 1. The Labute approximate surface area is 69.1 Å². The second-order valence-electron chi connectivity index (χ2n) is 4.70. The van der Waals surface area contributed by atoms with Gasteiger partial charge in [0.1, 0.15) is 0 Å². The third-order valence-corrected chi connectivity index (χ3v) is 3.51. The van der Waals surface area contributed by atoms with Gasteiger partial charge in [0, 0.05) is 0 Å². The van der Waals surface area contributed by atoms with Crippen LogP contribution in [0.1, 0.15) is 40.0 Å². The van der Waals surface area contributed by atoms with Crippen LogP contribution in [0.2, 0.25) is 0 Å². The van der Waals surface area contributed by atoms with Crippen molar-refractivity contribution in [2.24, 2.45) is 11.8 Å². The monoisotopic (exact) mass is 154 g/mol. The summed E-state index contributed by atoms with van der Waals surface area (Å²) in [5.74, 6) is 1.78. The first-order valence-corrected chi connectivity index (χ1v) is 4.79. The predicted molar refractivity (Wildman–Crippen MR) is 45.5 cm³/mol. The Morgan fingerprint density at radius 1 is 1.45 bits per heavy atom. The lowest BCUT2D eigenvalue weighted by Crippen LogP contribution is -2.24. The van der Waals surface area contributed by atoms with Gasteiger partial charge in [0.2, 0.25) is 0 Å². The fourth-order valence-electron chi connectivity index (χ4n) is 2.28. The maximum Gasteiger partial charge on any atom is 0.0920 e. The molecule has 0 spiro atoms. The highest BCUT2D eigenvalue weighted by molar-refractivity contribution is 5.03. The van der Waals surface area contributed by atoms with Gasteiger partial charge in [-0.1, -0.05) is 13.8 Å². The maximum absolute atomic E-state index is 5.65. The average Bonchev–Trinajstić information content (AvgIpc) is 2.58. The van der Waals surface area contributed by atoms with Crippen molar-refractivity contribution >= 4 is 0 Å². The van der Waals surface area contributed by atoms with Crippen molar-refractivity contribution in [1.82, 2.24) is 0 Å². The fourth-order valence-corrected chi connectivity index (χ4v) is 2.28. The topological polar surface area (TPSA) is 12.5 Å². The molecule has 1 saturated heterocycles. The molecule has 0 amide bonds. The first-order valence-electron chi connectivity index (χ1n) is 4.79. The van der Waals surface area contributed by atoms with Gasteiger partial charge in [-0.2, -0.15) is 0 Å². The van der Waals surface area contributed by atoms with Crippen LogP contribution in [-0.4, -0.2) is 11.7 Å². The lowest BCUT2D eigenvalue weighted by molar-refractivity contribution is 0.275. The molecule has 0 aromatic heterocycles. The third kappa shape index (κ3) is 1.20. The predicted octanol–water partition coefficient (Wildman–Crippen LogP) is 2.60. The van der Waals surface area contributed by atoms with E-state index in [0.717, 1.165) is 11.8 Å². The molecule has 1 aliphatic carbocycles. The van der Waals surface area contributed by atoms with Crippen LogP contribution in [-0.2, 0) is 4.74 Å². The third-order valence-electron chi connectivity index (χ3n) is 3.51. The van der Waals surface area contributed by atoms with Crippen molar-refractivity contribution in [1.29, 1.82) is 0 Å². The van der Waals surface area contributed by atoms with E-state index >= 15 is 0 Å². The zero-order valence-electron chi connectivity index (χ0n) is 7.76. The molecule has 3 atom stereocenters. The molecule has 1 nitrogen and oxygen atoms in total. The van der Waals surface area contributed by atoms with Crippen LogP contribution in [0.3, 0.4) is 0 Å². The van der Waals surface area contributed by atoms with Crippen LogP contribution >= 0.6 is 0 Å². The molecule has 0 N–H and O–H groups in total. The van der Waals surface area contributed by atoms with Gasteiger partial charge in [0.15, 0.2) is 0 Å². The number of hydrogen-bond acceptors (Lipinski definition) is 1. The lowest BCUT2D eigenvalue weighted by Gasteiger charge is -2.25. The highest BCUT2D eigenvalue weighted by Gasteiger charge is 2.55. The summed E-state index contributed by atoms with van der Waals surface area (Å²) in [7, 11) is 0. The molecule has 64 valence electrons. The van der Waals surface area contributed by atoms with Crippen molar-refractivity contribution in [3.8, 4) is 0 Å². The second-order valence-corrected chi connectivity index (χ2v) is 4.70. The number of hydrogen-bond donors (Lipinski definition) is 0. The molecule has 11 heavy (non-hydrogen) atoms. The van der Waals surface area contributed by atoms with E-state index in [1.807, 2.05) is 0 Å². The molecule has 2 fully saturated rings. The van der Waals surface area contributed by atoms with Gasteiger partial charge in [0.25, 0.3) is 0 Å². The summed E-state index contributed by atoms with van der Waals surface area (Å²) in [6, 6.07) is 0. The molecular weight excluding hydrogens is 136 g/mol. The van der Waals surface area contributed by atoms with Crippen LogP contribution in [0.15, 0.2) is 0 Å². The summed E-state index contributed by atoms with van der Waals surface area (Å²) in [5.41, 5.74) is 0.311. The molecule has 0 unspecified atom stereocenters. The van der Waals surface area contributed by atoms with Crippen LogP contribution < -0.4 is 0 Å². The van der Waals surface area contributed by atoms with Crippen molar-refractivity contribution in [2.75, 3.05) is 0 Å². The Balaban J connectivity index is 1.93. The summed E-state index contributed by atoms with van der Waals surface area (Å²) >= 11 is 0. The fraction of sp³-hybridized carbons (Fsp3) is 1.00. The lowest BCUT2D eigenvalue weighted by atomic mass is 9.78. The summed E-state index contributed by atoms with van der Waals surface area (Å²) in [4.78, 5) is 0. The van der Waals surface area contributed by atoms with E-state index in [1.165, 1.54) is 19.3 Å². The second kappa shape index (κ2) is 2.22. The minimum Gasteiger partial charge on any atom is -0.366 e. The van der Waals surface area contributed by atoms with E-state index in [-0.39, 0.29) is 0 Å². The molecule has 0 aromatic carbocycles. The number of epoxide rings is 1. The minimum absolute atomic E-state index is 0.311. The van der Waals surface area contributed by atoms with E-state index in [9.17, 15) is 0 Å². The highest BCUT2D eigenvalue weighted by atomic mass is 16.6. The summed E-state index contributed by atoms with van der Waals surface area (Å²) in [5, 5.41) is 0. The molecular formula is C10H18O. The van der Waals surface area contributed by atoms with Crippen molar-refractivity contribution in [3.63, 3.8) is 0 Å². The standard InChI is InChI=1S/C10H18O/c1-7(2)8-4-5-10(3)9(6-8)11-10/h7-9H,4-6H2,1-3H3/t8-,9+,10-/m1/s1. The van der Waals surface area contributed by atoms with E-state index < -0.39 is 0 Å². The molecule has 2 aliphatic rings. The minimum atomic E-state index is 0.311. The zero-order valence-corrected chi connectivity index (χ0v) is 7.76. The first-order chi connectivity index (χ1) is 5.12. The van der Waals surface area contributed by atoms with Crippen LogP contribution in [0.5, 0.6) is 0 Å². The number of ether oxygens (including phenoxy) is 1. The number of rotatable bonds is 1. The average molecular weight is 154 g/mol. The van der Waals surface area contributed by atoms with Gasteiger partial charge < -0.3 is 4.74 Å². The summed E-state index contributed by atoms with van der Waals surface area (Å²) in [6.45, 7) is 6.92. The van der Waals surface area contributed by atoms with Gasteiger partial charge in [-0.15, -0.1) is 0 Å². The molecule has 1 aliphatic heterocycles. The molecule has 1 saturated carbocycles. The van der Waals surface area contributed by atoms with Gasteiger partial charge in [-0.25, -0.2) is 0 Å². The van der Waals surface area contributed by atoms with Gasteiger partial charge in [-0.05, 0) is 38.0 Å². The van der Waals surface area contributed by atoms with E-state index in [2.05, 4.69) is 20.8 Å². The molecule has 0 bridgehead atoms. The molecule has 2 rings (SSSR count). The van der Waals surface area contributed by atoms with Crippen molar-refractivity contribution in [3.05, 3.63) is 0 Å². The Bertz CT molecular complexity index is 164. The van der Waals surface area contributed by atoms with Gasteiger partial charge in [-0.3, -0.25) is 0 Å². The quantitative estimate of drug-likeness (QED) is 0.529. The van der Waals surface area contributed by atoms with Crippen LogP contribution in [0.4, 0.5) is 0 Å². The Morgan fingerprint density at radius 3 is 2.73 bits per heavy atom. The van der Waals surface area contributed by atoms with E-state index in [4.69, 9.17) is 4.74 Å². The summed E-state index contributed by atoms with van der Waals surface area (Å²) in [6.07, 6.45) is 4.60. The van der Waals surface area contributed by atoms with Crippen molar-refractivity contribution < 1.29 is 4.74 Å². The van der Waals surface area contributed by atoms with E-state index in [1.54, 1.807) is 0 Å². The Hall–Kier alpha value is -0.0400. The van der Waals surface area contributed by atoms with Gasteiger partial charge in [0.05, 0.1) is 11.7 Å². The molecule has 1 heteroatoms.